The third-order valence-electron chi connectivity index (χ3n) is 3.00. The van der Waals surface area contributed by atoms with Gasteiger partial charge in [0.15, 0.2) is 0 Å². The van der Waals surface area contributed by atoms with Crippen LogP contribution in [0.15, 0.2) is 11.6 Å². The number of likely N-dealkylation sites (tertiary alicyclic amines) is 1. The van der Waals surface area contributed by atoms with Crippen LogP contribution in [-0.2, 0) is 9.53 Å². The highest BCUT2D eigenvalue weighted by Gasteiger charge is 2.25. The van der Waals surface area contributed by atoms with E-state index in [-0.39, 0.29) is 12.5 Å². The summed E-state index contributed by atoms with van der Waals surface area (Å²) in [4.78, 5) is 18.1. The highest BCUT2D eigenvalue weighted by atomic mass is 32.1. The third-order valence-corrected chi connectivity index (χ3v) is 3.94. The maximum Gasteiger partial charge on any atom is 0.248 e. The molecule has 2 heterocycles. The first-order valence-corrected chi connectivity index (χ1v) is 6.94. The topological polar surface area (TPSA) is 42.4 Å². The van der Waals surface area contributed by atoms with Crippen molar-refractivity contribution >= 4 is 17.2 Å². The average molecular weight is 254 g/mol. The van der Waals surface area contributed by atoms with Crippen LogP contribution in [0.2, 0.25) is 0 Å². The van der Waals surface area contributed by atoms with E-state index in [9.17, 15) is 4.79 Å². The fourth-order valence-electron chi connectivity index (χ4n) is 2.12. The van der Waals surface area contributed by atoms with Crippen molar-refractivity contribution < 1.29 is 9.53 Å². The Morgan fingerprint density at radius 2 is 2.59 bits per heavy atom. The van der Waals surface area contributed by atoms with Crippen LogP contribution in [0.25, 0.3) is 0 Å². The van der Waals surface area contributed by atoms with Crippen LogP contribution in [0.3, 0.4) is 0 Å². The number of amides is 1. The minimum Gasteiger partial charge on any atom is -0.372 e. The van der Waals surface area contributed by atoms with Crippen LogP contribution in [0.5, 0.6) is 0 Å². The summed E-state index contributed by atoms with van der Waals surface area (Å²) < 4.78 is 5.17. The molecule has 0 aromatic carbocycles. The van der Waals surface area contributed by atoms with Gasteiger partial charge in [0, 0.05) is 37.2 Å². The smallest absolute Gasteiger partial charge is 0.248 e. The minimum atomic E-state index is 0.105. The molecule has 1 saturated heterocycles. The van der Waals surface area contributed by atoms with E-state index >= 15 is 0 Å². The molecule has 1 aliphatic heterocycles. The fraction of sp³-hybridized carbons (Fsp3) is 0.667. The number of rotatable bonds is 4. The van der Waals surface area contributed by atoms with E-state index in [1.54, 1.807) is 11.3 Å². The van der Waals surface area contributed by atoms with E-state index in [4.69, 9.17) is 4.74 Å². The molecular formula is C12H18N2O2S. The summed E-state index contributed by atoms with van der Waals surface area (Å²) in [6.07, 6.45) is 4.02. The molecule has 1 fully saturated rings. The predicted molar refractivity (Wildman–Crippen MR) is 67.2 cm³/mol. The van der Waals surface area contributed by atoms with Crippen molar-refractivity contribution in [2.45, 2.75) is 25.7 Å². The van der Waals surface area contributed by atoms with Gasteiger partial charge in [-0.15, -0.1) is 11.3 Å². The normalized spacial score (nSPS) is 20.5. The predicted octanol–water partition coefficient (Wildman–Crippen LogP) is 1.89. The number of ether oxygens (including phenoxy) is 1. The Balaban J connectivity index is 1.90. The highest BCUT2D eigenvalue weighted by molar-refractivity contribution is 7.09. The van der Waals surface area contributed by atoms with Gasteiger partial charge in [-0.1, -0.05) is 0 Å². The first-order valence-electron chi connectivity index (χ1n) is 6.06. The Morgan fingerprint density at radius 1 is 1.71 bits per heavy atom. The maximum atomic E-state index is 11.9. The largest absolute Gasteiger partial charge is 0.372 e. The molecule has 1 aliphatic rings. The molecule has 5 heteroatoms. The number of piperidine rings is 1. The number of aromatic nitrogens is 1. The monoisotopic (exact) mass is 254 g/mol. The van der Waals surface area contributed by atoms with Crippen LogP contribution in [-0.4, -0.2) is 42.1 Å². The number of carbonyl (C=O) groups excluding carboxylic acids is 1. The molecule has 2 rings (SSSR count). The molecule has 1 amide bonds. The van der Waals surface area contributed by atoms with Gasteiger partial charge in [0.25, 0.3) is 0 Å². The van der Waals surface area contributed by atoms with Crippen molar-refractivity contribution in [2.75, 3.05) is 26.3 Å². The second-order valence-electron chi connectivity index (χ2n) is 4.19. The molecule has 0 spiro atoms. The average Bonchev–Trinajstić information content (AvgIpc) is 2.90. The second-order valence-corrected chi connectivity index (χ2v) is 5.11. The van der Waals surface area contributed by atoms with E-state index in [2.05, 4.69) is 4.98 Å². The Kier molecular flexibility index (Phi) is 4.50. The molecule has 0 N–H and O–H groups in total. The Bertz CT molecular complexity index is 353. The zero-order chi connectivity index (χ0) is 12.1. The molecule has 0 saturated carbocycles. The lowest BCUT2D eigenvalue weighted by atomic mass is 9.99. The summed E-state index contributed by atoms with van der Waals surface area (Å²) in [5.74, 6) is 0.516. The molecular weight excluding hydrogens is 236 g/mol. The van der Waals surface area contributed by atoms with Gasteiger partial charge in [-0.05, 0) is 19.8 Å². The number of nitrogens with zero attached hydrogens (tertiary/aromatic N) is 2. The van der Waals surface area contributed by atoms with Gasteiger partial charge in [0.05, 0.1) is 5.01 Å². The summed E-state index contributed by atoms with van der Waals surface area (Å²) >= 11 is 1.68. The van der Waals surface area contributed by atoms with E-state index in [0.29, 0.717) is 12.5 Å². The Morgan fingerprint density at radius 3 is 3.29 bits per heavy atom. The number of hydrogen-bond donors (Lipinski definition) is 0. The van der Waals surface area contributed by atoms with Gasteiger partial charge in [-0.2, -0.15) is 0 Å². The van der Waals surface area contributed by atoms with Crippen molar-refractivity contribution in [3.05, 3.63) is 16.6 Å². The van der Waals surface area contributed by atoms with Crippen molar-refractivity contribution in [2.24, 2.45) is 0 Å². The summed E-state index contributed by atoms with van der Waals surface area (Å²) in [5, 5.41) is 3.15. The number of hydrogen-bond acceptors (Lipinski definition) is 4. The molecule has 1 atom stereocenters. The molecule has 1 aromatic rings. The first kappa shape index (κ1) is 12.5. The molecule has 1 aromatic heterocycles. The summed E-state index contributed by atoms with van der Waals surface area (Å²) in [6, 6.07) is 0. The summed E-state index contributed by atoms with van der Waals surface area (Å²) in [5.41, 5.74) is 0. The van der Waals surface area contributed by atoms with Crippen LogP contribution < -0.4 is 0 Å². The third kappa shape index (κ3) is 3.26. The van der Waals surface area contributed by atoms with Gasteiger partial charge in [0.1, 0.15) is 6.61 Å². The Hall–Kier alpha value is -0.940. The molecule has 0 radical (unpaired) electrons. The van der Waals surface area contributed by atoms with Crippen LogP contribution in [0.4, 0.5) is 0 Å². The minimum absolute atomic E-state index is 0.105. The van der Waals surface area contributed by atoms with E-state index < -0.39 is 0 Å². The van der Waals surface area contributed by atoms with Crippen molar-refractivity contribution in [1.29, 1.82) is 0 Å². The SMILES string of the molecule is CCOCC(=O)N1CCCC(c2nccs2)C1. The standard InChI is InChI=1S/C12H18N2O2S/c1-2-16-9-11(15)14-6-3-4-10(8-14)12-13-5-7-17-12/h5,7,10H,2-4,6,8-9H2,1H3. The molecule has 0 bridgehead atoms. The maximum absolute atomic E-state index is 11.9. The van der Waals surface area contributed by atoms with Crippen LogP contribution >= 0.6 is 11.3 Å². The van der Waals surface area contributed by atoms with Gasteiger partial charge < -0.3 is 9.64 Å². The van der Waals surface area contributed by atoms with Gasteiger partial charge in [0.2, 0.25) is 5.91 Å². The highest BCUT2D eigenvalue weighted by Crippen LogP contribution is 2.28. The quantitative estimate of drug-likeness (QED) is 0.824. The summed E-state index contributed by atoms with van der Waals surface area (Å²) in [7, 11) is 0. The van der Waals surface area contributed by atoms with Gasteiger partial charge in [-0.25, -0.2) is 4.98 Å². The lowest BCUT2D eigenvalue weighted by Gasteiger charge is -2.31. The second kappa shape index (κ2) is 6.12. The van der Waals surface area contributed by atoms with Crippen LogP contribution in [0.1, 0.15) is 30.7 Å². The molecule has 1 unspecified atom stereocenters. The first-order chi connectivity index (χ1) is 8.31. The lowest BCUT2D eigenvalue weighted by molar-refractivity contribution is -0.137. The van der Waals surface area contributed by atoms with Gasteiger partial charge in [-0.3, -0.25) is 4.79 Å². The van der Waals surface area contributed by atoms with Gasteiger partial charge >= 0.3 is 0 Å². The van der Waals surface area contributed by atoms with Crippen LogP contribution in [0, 0.1) is 0 Å². The van der Waals surface area contributed by atoms with E-state index in [1.807, 2.05) is 23.4 Å². The number of carbonyl (C=O) groups is 1. The van der Waals surface area contributed by atoms with Crippen molar-refractivity contribution in [3.8, 4) is 0 Å². The molecule has 94 valence electrons. The summed E-state index contributed by atoms with van der Waals surface area (Å²) in [6.45, 7) is 4.35. The number of thiazole rings is 1. The zero-order valence-corrected chi connectivity index (χ0v) is 10.9. The Labute approximate surface area is 106 Å². The fourth-order valence-corrected chi connectivity index (χ4v) is 2.89. The molecule has 17 heavy (non-hydrogen) atoms. The zero-order valence-electron chi connectivity index (χ0n) is 10.1. The van der Waals surface area contributed by atoms with E-state index in [1.165, 1.54) is 0 Å². The molecule has 4 nitrogen and oxygen atoms in total. The molecule has 0 aliphatic carbocycles. The van der Waals surface area contributed by atoms with Crippen molar-refractivity contribution in [1.82, 2.24) is 9.88 Å². The van der Waals surface area contributed by atoms with Crippen molar-refractivity contribution in [3.63, 3.8) is 0 Å². The lowest BCUT2D eigenvalue weighted by Crippen LogP contribution is -2.41. The van der Waals surface area contributed by atoms with E-state index in [0.717, 1.165) is 30.9 Å².